The number of benzene rings is 1. The Hall–Kier alpha value is -3.61. The van der Waals surface area contributed by atoms with Crippen LogP contribution in [-0.2, 0) is 6.18 Å². The Labute approximate surface area is 179 Å². The van der Waals surface area contributed by atoms with Crippen LogP contribution in [0, 0.1) is 0 Å². The summed E-state index contributed by atoms with van der Waals surface area (Å²) in [4.78, 5) is 17.1. The van der Waals surface area contributed by atoms with Gasteiger partial charge in [-0.2, -0.15) is 18.3 Å². The molecule has 0 saturated carbocycles. The van der Waals surface area contributed by atoms with Gasteiger partial charge in [0.1, 0.15) is 5.75 Å². The van der Waals surface area contributed by atoms with Gasteiger partial charge in [0.2, 0.25) is 0 Å². The third-order valence-corrected chi connectivity index (χ3v) is 4.96. The third kappa shape index (κ3) is 4.66. The van der Waals surface area contributed by atoms with Gasteiger partial charge in [0, 0.05) is 11.8 Å². The lowest BCUT2D eigenvalue weighted by Crippen LogP contribution is -2.17. The summed E-state index contributed by atoms with van der Waals surface area (Å²) in [6.07, 6.45) is -9.63. The molecule has 0 radical (unpaired) electrons. The topological polar surface area (TPSA) is 68.5 Å². The molecule has 0 aliphatic carbocycles. The summed E-state index contributed by atoms with van der Waals surface area (Å²) < 4.78 is 81.6. The van der Waals surface area contributed by atoms with Gasteiger partial charge in [-0.05, 0) is 41.8 Å². The van der Waals surface area contributed by atoms with Crippen LogP contribution < -0.4 is 10.1 Å². The fraction of sp³-hybridized carbons (Fsp3) is 0.105. The number of nitrogens with zero attached hydrogens (tertiary/aromatic N) is 3. The molecule has 4 aromatic rings. The van der Waals surface area contributed by atoms with E-state index in [1.165, 1.54) is 11.3 Å². The highest BCUT2D eigenvalue weighted by Gasteiger charge is 2.36. The Morgan fingerprint density at radius 1 is 1.03 bits per heavy atom. The van der Waals surface area contributed by atoms with Crippen LogP contribution in [0.2, 0.25) is 0 Å². The zero-order chi connectivity index (χ0) is 23.1. The monoisotopic (exact) mass is 472 g/mol. The van der Waals surface area contributed by atoms with Crippen molar-refractivity contribution in [2.45, 2.75) is 12.5 Å². The second-order valence-electron chi connectivity index (χ2n) is 6.33. The Bertz CT molecular complexity index is 1260. The molecule has 0 saturated heterocycles. The summed E-state index contributed by atoms with van der Waals surface area (Å²) in [7, 11) is 0. The van der Waals surface area contributed by atoms with Gasteiger partial charge in [0.25, 0.3) is 5.91 Å². The molecule has 0 spiro atoms. The number of nitrogens with one attached hydrogen (secondary N) is 1. The summed E-state index contributed by atoms with van der Waals surface area (Å²) >= 11 is 1.20. The summed E-state index contributed by atoms with van der Waals surface area (Å²) in [6.45, 7) is 0. The molecule has 0 aliphatic heterocycles. The summed E-state index contributed by atoms with van der Waals surface area (Å²) in [5.41, 5.74) is -1.50. The van der Waals surface area contributed by atoms with E-state index in [0.717, 1.165) is 36.4 Å². The normalized spacial score (nSPS) is 12.2. The number of halogens is 6. The lowest BCUT2D eigenvalue weighted by molar-refractivity contribution is -0.274. The SMILES string of the molecule is O=C(Nc1ccc(OC(F)(F)F)cc1)c1cc2nc(-c3cccs3)cc(C(F)(F)F)n2n1. The number of thiophene rings is 1. The van der Waals surface area contributed by atoms with Crippen LogP contribution in [0.4, 0.5) is 32.0 Å². The van der Waals surface area contributed by atoms with Crippen LogP contribution in [0.25, 0.3) is 16.2 Å². The molecule has 0 bridgehead atoms. The first kappa shape index (κ1) is 21.6. The van der Waals surface area contributed by atoms with E-state index in [2.05, 4.69) is 20.1 Å². The van der Waals surface area contributed by atoms with E-state index >= 15 is 0 Å². The van der Waals surface area contributed by atoms with E-state index in [-0.39, 0.29) is 22.7 Å². The van der Waals surface area contributed by atoms with Crippen molar-refractivity contribution < 1.29 is 35.9 Å². The van der Waals surface area contributed by atoms with E-state index in [1.807, 2.05) is 0 Å². The molecular weight excluding hydrogens is 462 g/mol. The Morgan fingerprint density at radius 3 is 2.34 bits per heavy atom. The molecule has 166 valence electrons. The number of rotatable bonds is 4. The van der Waals surface area contributed by atoms with Crippen LogP contribution >= 0.6 is 11.3 Å². The highest BCUT2D eigenvalue weighted by Crippen LogP contribution is 2.33. The average molecular weight is 472 g/mol. The maximum Gasteiger partial charge on any atom is 0.573 e. The Morgan fingerprint density at radius 2 is 1.75 bits per heavy atom. The predicted molar refractivity (Wildman–Crippen MR) is 102 cm³/mol. The van der Waals surface area contributed by atoms with Crippen LogP contribution in [0.5, 0.6) is 5.75 Å². The highest BCUT2D eigenvalue weighted by atomic mass is 32.1. The minimum absolute atomic E-state index is 0.0759. The molecule has 3 aromatic heterocycles. The van der Waals surface area contributed by atoms with Gasteiger partial charge in [-0.25, -0.2) is 9.50 Å². The van der Waals surface area contributed by atoms with Crippen molar-refractivity contribution in [1.82, 2.24) is 14.6 Å². The van der Waals surface area contributed by atoms with Gasteiger partial charge < -0.3 is 10.1 Å². The van der Waals surface area contributed by atoms with Crippen LogP contribution in [-0.4, -0.2) is 26.9 Å². The quantitative estimate of drug-likeness (QED) is 0.391. The molecule has 0 aliphatic rings. The van der Waals surface area contributed by atoms with Crippen molar-refractivity contribution in [3.63, 3.8) is 0 Å². The molecule has 0 unspecified atom stereocenters. The Balaban J connectivity index is 1.64. The van der Waals surface area contributed by atoms with Gasteiger partial charge in [-0.15, -0.1) is 24.5 Å². The fourth-order valence-corrected chi connectivity index (χ4v) is 3.46. The Kier molecular flexibility index (Phi) is 5.28. The zero-order valence-electron chi connectivity index (χ0n) is 15.5. The van der Waals surface area contributed by atoms with Crippen molar-refractivity contribution >= 4 is 28.6 Å². The van der Waals surface area contributed by atoms with Gasteiger partial charge in [-0.3, -0.25) is 4.79 Å². The summed E-state index contributed by atoms with van der Waals surface area (Å²) in [5.74, 6) is -1.37. The molecule has 3 heterocycles. The van der Waals surface area contributed by atoms with Gasteiger partial charge in [0.05, 0.1) is 10.6 Å². The maximum absolute atomic E-state index is 13.6. The average Bonchev–Trinajstić information content (AvgIpc) is 3.36. The van der Waals surface area contributed by atoms with Crippen LogP contribution in [0.15, 0.2) is 53.9 Å². The van der Waals surface area contributed by atoms with Crippen molar-refractivity contribution in [2.24, 2.45) is 0 Å². The largest absolute Gasteiger partial charge is 0.573 e. The number of hydrogen-bond donors (Lipinski definition) is 1. The summed E-state index contributed by atoms with van der Waals surface area (Å²) in [6, 6.07) is 9.44. The highest BCUT2D eigenvalue weighted by molar-refractivity contribution is 7.13. The smallest absolute Gasteiger partial charge is 0.406 e. The lowest BCUT2D eigenvalue weighted by Gasteiger charge is -2.10. The van der Waals surface area contributed by atoms with E-state index in [9.17, 15) is 31.1 Å². The number of hydrogen-bond acceptors (Lipinski definition) is 5. The van der Waals surface area contributed by atoms with E-state index in [0.29, 0.717) is 9.39 Å². The minimum atomic E-state index is -4.87. The van der Waals surface area contributed by atoms with Crippen molar-refractivity contribution in [3.05, 3.63) is 65.3 Å². The summed E-state index contributed by atoms with van der Waals surface area (Å²) in [5, 5.41) is 7.76. The molecule has 0 fully saturated rings. The number of fused-ring (bicyclic) bond motifs is 1. The molecule has 1 amide bonds. The number of ether oxygens (including phenoxy) is 1. The van der Waals surface area contributed by atoms with Crippen molar-refractivity contribution in [3.8, 4) is 16.3 Å². The predicted octanol–water partition coefficient (Wildman–Crippen LogP) is 5.63. The van der Waals surface area contributed by atoms with Crippen molar-refractivity contribution in [2.75, 3.05) is 5.32 Å². The molecule has 6 nitrogen and oxygen atoms in total. The molecule has 1 N–H and O–H groups in total. The van der Waals surface area contributed by atoms with Crippen LogP contribution in [0.1, 0.15) is 16.2 Å². The minimum Gasteiger partial charge on any atom is -0.406 e. The van der Waals surface area contributed by atoms with Gasteiger partial charge in [-0.1, -0.05) is 6.07 Å². The first-order valence-electron chi connectivity index (χ1n) is 8.69. The van der Waals surface area contributed by atoms with E-state index in [1.54, 1.807) is 17.5 Å². The first-order chi connectivity index (χ1) is 15.0. The van der Waals surface area contributed by atoms with E-state index < -0.39 is 29.9 Å². The van der Waals surface area contributed by atoms with Crippen molar-refractivity contribution in [1.29, 1.82) is 0 Å². The van der Waals surface area contributed by atoms with Gasteiger partial charge in [0.15, 0.2) is 17.0 Å². The van der Waals surface area contributed by atoms with Crippen LogP contribution in [0.3, 0.4) is 0 Å². The number of aromatic nitrogens is 3. The van der Waals surface area contributed by atoms with Gasteiger partial charge >= 0.3 is 12.5 Å². The second kappa shape index (κ2) is 7.82. The third-order valence-electron chi connectivity index (χ3n) is 4.07. The molecule has 0 atom stereocenters. The number of carbonyl (C=O) groups excluding carboxylic acids is 1. The number of alkyl halides is 6. The number of anilines is 1. The molecule has 1 aromatic carbocycles. The zero-order valence-corrected chi connectivity index (χ0v) is 16.3. The number of amides is 1. The fourth-order valence-electron chi connectivity index (χ4n) is 2.77. The lowest BCUT2D eigenvalue weighted by atomic mass is 10.2. The van der Waals surface area contributed by atoms with E-state index in [4.69, 9.17) is 0 Å². The second-order valence-corrected chi connectivity index (χ2v) is 7.28. The molecule has 32 heavy (non-hydrogen) atoms. The first-order valence-corrected chi connectivity index (χ1v) is 9.57. The standard InChI is InChI=1S/C19H10F6N4O2S/c20-18(21,22)15-8-12(14-2-1-7-32-14)27-16-9-13(28-29(15)16)17(30)26-10-3-5-11(6-4-10)31-19(23,24)25/h1-9H,(H,26,30). The maximum atomic E-state index is 13.6. The molecule has 13 heteroatoms. The number of carbonyl (C=O) groups is 1. The molecular formula is C19H10F6N4O2S. The molecule has 4 rings (SSSR count).